The summed E-state index contributed by atoms with van der Waals surface area (Å²) in [5.74, 6) is 0.796. The first-order valence-corrected chi connectivity index (χ1v) is 7.55. The highest BCUT2D eigenvalue weighted by atomic mass is 16.5. The number of aliphatic carboxylic acids is 1. The maximum absolute atomic E-state index is 10.9. The van der Waals surface area contributed by atoms with Gasteiger partial charge in [0.1, 0.15) is 5.75 Å². The molecule has 0 saturated heterocycles. The molecular formula is C18H26O3. The van der Waals surface area contributed by atoms with Crippen molar-refractivity contribution in [2.45, 2.75) is 47.0 Å². The van der Waals surface area contributed by atoms with Crippen LogP contribution in [0.4, 0.5) is 0 Å². The standard InChI is InChI=1S/C18H26O3/c1-6-14(10-18(19)20)15-7-8-17(21-11-12(2)3)16(9-15)13(4)5/h7-10,12-13H,6,11H2,1-5H3,(H,19,20)/b14-10+. The normalized spacial score (nSPS) is 12.0. The first kappa shape index (κ1) is 17.3. The Morgan fingerprint density at radius 1 is 1.29 bits per heavy atom. The van der Waals surface area contributed by atoms with Crippen LogP contribution in [0.5, 0.6) is 5.75 Å². The number of allylic oxidation sites excluding steroid dienone is 1. The Bertz CT molecular complexity index is 513. The fourth-order valence-corrected chi connectivity index (χ4v) is 2.13. The van der Waals surface area contributed by atoms with Crippen LogP contribution in [0, 0.1) is 5.92 Å². The van der Waals surface area contributed by atoms with Crippen molar-refractivity contribution in [2.75, 3.05) is 6.61 Å². The Kier molecular flexibility index (Phi) is 6.47. The Hall–Kier alpha value is -1.77. The van der Waals surface area contributed by atoms with Gasteiger partial charge in [-0.15, -0.1) is 0 Å². The molecule has 0 heterocycles. The number of carbonyl (C=O) groups is 1. The van der Waals surface area contributed by atoms with E-state index in [1.165, 1.54) is 6.08 Å². The molecule has 3 heteroatoms. The highest BCUT2D eigenvalue weighted by molar-refractivity contribution is 5.90. The van der Waals surface area contributed by atoms with Gasteiger partial charge < -0.3 is 9.84 Å². The molecule has 0 atom stereocenters. The van der Waals surface area contributed by atoms with Crippen molar-refractivity contribution < 1.29 is 14.6 Å². The summed E-state index contributed by atoms with van der Waals surface area (Å²) in [6.45, 7) is 11.1. The number of carboxylic acid groups (broad SMARTS) is 1. The van der Waals surface area contributed by atoms with Crippen LogP contribution in [-0.4, -0.2) is 17.7 Å². The third kappa shape index (κ3) is 5.25. The zero-order valence-corrected chi connectivity index (χ0v) is 13.6. The minimum absolute atomic E-state index is 0.329. The summed E-state index contributed by atoms with van der Waals surface area (Å²) >= 11 is 0. The van der Waals surface area contributed by atoms with Crippen LogP contribution in [0.1, 0.15) is 58.1 Å². The largest absolute Gasteiger partial charge is 0.493 e. The van der Waals surface area contributed by atoms with E-state index in [0.717, 1.165) is 22.4 Å². The van der Waals surface area contributed by atoms with Gasteiger partial charge in [-0.3, -0.25) is 0 Å². The SMILES string of the molecule is CC/C(=C\C(=O)O)c1ccc(OCC(C)C)c(C(C)C)c1. The summed E-state index contributed by atoms with van der Waals surface area (Å²) < 4.78 is 5.87. The molecule has 21 heavy (non-hydrogen) atoms. The summed E-state index contributed by atoms with van der Waals surface area (Å²) in [6.07, 6.45) is 1.98. The molecule has 1 aromatic rings. The van der Waals surface area contributed by atoms with Crippen molar-refractivity contribution in [3.8, 4) is 5.75 Å². The van der Waals surface area contributed by atoms with E-state index < -0.39 is 5.97 Å². The van der Waals surface area contributed by atoms with Crippen molar-refractivity contribution >= 4 is 11.5 Å². The molecule has 0 aliphatic heterocycles. The number of carboxylic acids is 1. The second-order valence-corrected chi connectivity index (χ2v) is 5.97. The van der Waals surface area contributed by atoms with Crippen LogP contribution in [0.2, 0.25) is 0 Å². The number of benzene rings is 1. The van der Waals surface area contributed by atoms with Crippen molar-refractivity contribution in [2.24, 2.45) is 5.92 Å². The molecule has 0 unspecified atom stereocenters. The van der Waals surface area contributed by atoms with E-state index in [1.807, 2.05) is 19.1 Å². The number of hydrogen-bond acceptors (Lipinski definition) is 2. The second kappa shape index (κ2) is 7.87. The van der Waals surface area contributed by atoms with E-state index in [1.54, 1.807) is 0 Å². The average Bonchev–Trinajstić information content (AvgIpc) is 2.42. The van der Waals surface area contributed by atoms with E-state index in [9.17, 15) is 4.79 Å². The minimum Gasteiger partial charge on any atom is -0.493 e. The van der Waals surface area contributed by atoms with Gasteiger partial charge in [-0.25, -0.2) is 4.79 Å². The minimum atomic E-state index is -0.905. The molecule has 3 nitrogen and oxygen atoms in total. The molecule has 1 rings (SSSR count). The first-order valence-electron chi connectivity index (χ1n) is 7.55. The Balaban J connectivity index is 3.16. The third-order valence-corrected chi connectivity index (χ3v) is 3.25. The van der Waals surface area contributed by atoms with Gasteiger partial charge in [0.25, 0.3) is 0 Å². The van der Waals surface area contributed by atoms with Crippen molar-refractivity contribution in [3.05, 3.63) is 35.4 Å². The zero-order chi connectivity index (χ0) is 16.0. The van der Waals surface area contributed by atoms with Gasteiger partial charge in [0.2, 0.25) is 0 Å². The van der Waals surface area contributed by atoms with E-state index in [-0.39, 0.29) is 0 Å². The molecular weight excluding hydrogens is 264 g/mol. The monoisotopic (exact) mass is 290 g/mol. The van der Waals surface area contributed by atoms with Gasteiger partial charge in [0.15, 0.2) is 0 Å². The second-order valence-electron chi connectivity index (χ2n) is 5.97. The fourth-order valence-electron chi connectivity index (χ4n) is 2.13. The van der Waals surface area contributed by atoms with Crippen LogP contribution in [0.15, 0.2) is 24.3 Å². The molecule has 116 valence electrons. The first-order chi connectivity index (χ1) is 9.85. The Morgan fingerprint density at radius 3 is 2.43 bits per heavy atom. The van der Waals surface area contributed by atoms with Crippen LogP contribution in [0.3, 0.4) is 0 Å². The van der Waals surface area contributed by atoms with E-state index in [0.29, 0.717) is 24.9 Å². The van der Waals surface area contributed by atoms with E-state index in [4.69, 9.17) is 9.84 Å². The lowest BCUT2D eigenvalue weighted by Crippen LogP contribution is -2.07. The maximum Gasteiger partial charge on any atom is 0.328 e. The molecule has 0 amide bonds. The molecule has 0 aliphatic rings. The molecule has 0 saturated carbocycles. The molecule has 1 N–H and O–H groups in total. The van der Waals surface area contributed by atoms with Gasteiger partial charge in [0, 0.05) is 6.08 Å². The molecule has 0 spiro atoms. The highest BCUT2D eigenvalue weighted by Gasteiger charge is 2.12. The van der Waals surface area contributed by atoms with E-state index >= 15 is 0 Å². The van der Waals surface area contributed by atoms with E-state index in [2.05, 4.69) is 33.8 Å². The zero-order valence-electron chi connectivity index (χ0n) is 13.6. The predicted molar refractivity (Wildman–Crippen MR) is 86.8 cm³/mol. The van der Waals surface area contributed by atoms with Gasteiger partial charge in [-0.05, 0) is 47.1 Å². The van der Waals surface area contributed by atoms with Crippen LogP contribution < -0.4 is 4.74 Å². The molecule has 0 fully saturated rings. The van der Waals surface area contributed by atoms with Crippen molar-refractivity contribution in [3.63, 3.8) is 0 Å². The average molecular weight is 290 g/mol. The summed E-state index contributed by atoms with van der Waals surface area (Å²) in [4.78, 5) is 10.9. The van der Waals surface area contributed by atoms with Crippen molar-refractivity contribution in [1.82, 2.24) is 0 Å². The molecule has 0 aromatic heterocycles. The summed E-state index contributed by atoms with van der Waals surface area (Å²) in [7, 11) is 0. The molecule has 1 aromatic carbocycles. The molecule has 0 aliphatic carbocycles. The summed E-state index contributed by atoms with van der Waals surface area (Å²) in [6, 6.07) is 5.96. The molecule has 0 bridgehead atoms. The lowest BCUT2D eigenvalue weighted by atomic mass is 9.95. The predicted octanol–water partition coefficient (Wildman–Crippen LogP) is 4.72. The Labute approximate surface area is 127 Å². The van der Waals surface area contributed by atoms with Gasteiger partial charge in [0.05, 0.1) is 6.61 Å². The quantitative estimate of drug-likeness (QED) is 0.739. The number of ether oxygens (including phenoxy) is 1. The lowest BCUT2D eigenvalue weighted by Gasteiger charge is -2.17. The smallest absolute Gasteiger partial charge is 0.328 e. The fraction of sp³-hybridized carbons (Fsp3) is 0.500. The van der Waals surface area contributed by atoms with Gasteiger partial charge >= 0.3 is 5.97 Å². The number of rotatable bonds is 7. The topological polar surface area (TPSA) is 46.5 Å². The lowest BCUT2D eigenvalue weighted by molar-refractivity contribution is -0.131. The third-order valence-electron chi connectivity index (χ3n) is 3.25. The highest BCUT2D eigenvalue weighted by Crippen LogP contribution is 2.31. The Morgan fingerprint density at radius 2 is 1.95 bits per heavy atom. The maximum atomic E-state index is 10.9. The van der Waals surface area contributed by atoms with Crippen molar-refractivity contribution in [1.29, 1.82) is 0 Å². The van der Waals surface area contributed by atoms with Gasteiger partial charge in [-0.2, -0.15) is 0 Å². The van der Waals surface area contributed by atoms with Crippen LogP contribution in [-0.2, 0) is 4.79 Å². The molecule has 0 radical (unpaired) electrons. The van der Waals surface area contributed by atoms with Crippen LogP contribution in [0.25, 0.3) is 5.57 Å². The summed E-state index contributed by atoms with van der Waals surface area (Å²) in [5.41, 5.74) is 2.91. The van der Waals surface area contributed by atoms with Gasteiger partial charge in [-0.1, -0.05) is 40.7 Å². The number of hydrogen-bond donors (Lipinski definition) is 1. The van der Waals surface area contributed by atoms with Crippen LogP contribution >= 0.6 is 0 Å². The summed E-state index contributed by atoms with van der Waals surface area (Å²) in [5, 5.41) is 8.95.